The Bertz CT molecular complexity index is 721. The number of hydrogen-bond acceptors (Lipinski definition) is 2. The molecule has 0 radical (unpaired) electrons. The summed E-state index contributed by atoms with van der Waals surface area (Å²) in [6.07, 6.45) is 5.66. The molecule has 0 saturated heterocycles. The number of nitrogens with zero attached hydrogens (tertiary/aromatic N) is 1. The van der Waals surface area contributed by atoms with Crippen LogP contribution in [0.4, 0.5) is 0 Å². The van der Waals surface area contributed by atoms with E-state index in [4.69, 9.17) is 0 Å². The molecule has 1 unspecified atom stereocenters. The summed E-state index contributed by atoms with van der Waals surface area (Å²) in [5.41, 5.74) is 4.88. The molecule has 1 aliphatic rings. The number of carbonyl (C=O) groups excluding carboxylic acids is 1. The first-order valence-electron chi connectivity index (χ1n) is 6.00. The topological polar surface area (TPSA) is 29.4 Å². The van der Waals surface area contributed by atoms with Crippen LogP contribution in [0.3, 0.4) is 0 Å². The van der Waals surface area contributed by atoms with Crippen molar-refractivity contribution in [2.45, 2.75) is 19.9 Å². The number of hydrogen-bond donors (Lipinski definition) is 0. The SMILES string of the molecule is Cc1cc2c3c(cccc3c1C)C(N=C=O)C=C2. The molecule has 0 heterocycles. The fourth-order valence-corrected chi connectivity index (χ4v) is 2.68. The van der Waals surface area contributed by atoms with E-state index in [1.54, 1.807) is 6.08 Å². The molecule has 0 aliphatic heterocycles. The standard InChI is InChI=1S/C16H13NO/c1-10-8-12-6-7-15(17-9-18)14-5-3-4-13(11(10)2)16(12)14/h3-8,15H,1-2H3. The Morgan fingerprint density at radius 2 is 2.11 bits per heavy atom. The molecular formula is C16H13NO. The minimum Gasteiger partial charge on any atom is -0.211 e. The highest BCUT2D eigenvalue weighted by molar-refractivity contribution is 5.98. The molecule has 0 amide bonds. The van der Waals surface area contributed by atoms with Crippen LogP contribution in [-0.2, 0) is 4.79 Å². The van der Waals surface area contributed by atoms with Gasteiger partial charge in [-0.2, -0.15) is 4.99 Å². The molecule has 0 N–H and O–H groups in total. The molecule has 0 aromatic heterocycles. The van der Waals surface area contributed by atoms with E-state index in [0.29, 0.717) is 0 Å². The first-order valence-corrected chi connectivity index (χ1v) is 6.00. The second-order valence-electron chi connectivity index (χ2n) is 4.70. The largest absolute Gasteiger partial charge is 0.235 e. The zero-order valence-corrected chi connectivity index (χ0v) is 10.4. The lowest BCUT2D eigenvalue weighted by Gasteiger charge is -2.19. The molecule has 1 aliphatic carbocycles. The van der Waals surface area contributed by atoms with Gasteiger partial charge in [-0.3, -0.25) is 0 Å². The number of aryl methyl sites for hydroxylation is 2. The van der Waals surface area contributed by atoms with Crippen LogP contribution in [0.25, 0.3) is 16.8 Å². The van der Waals surface area contributed by atoms with Crippen LogP contribution in [0.2, 0.25) is 0 Å². The second kappa shape index (κ2) is 3.94. The average Bonchev–Trinajstić information content (AvgIpc) is 2.39. The van der Waals surface area contributed by atoms with Crippen LogP contribution in [0.5, 0.6) is 0 Å². The maximum Gasteiger partial charge on any atom is 0.235 e. The lowest BCUT2D eigenvalue weighted by molar-refractivity contribution is 0.561. The predicted molar refractivity (Wildman–Crippen MR) is 73.3 cm³/mol. The van der Waals surface area contributed by atoms with Gasteiger partial charge in [0, 0.05) is 0 Å². The number of benzene rings is 2. The van der Waals surface area contributed by atoms with Crippen molar-refractivity contribution in [3.05, 3.63) is 52.6 Å². The van der Waals surface area contributed by atoms with Gasteiger partial charge in [0.2, 0.25) is 6.08 Å². The van der Waals surface area contributed by atoms with Crippen LogP contribution in [-0.4, -0.2) is 6.08 Å². The zero-order valence-electron chi connectivity index (χ0n) is 10.4. The Balaban J connectivity index is 2.44. The van der Waals surface area contributed by atoms with Crippen LogP contribution < -0.4 is 0 Å². The number of aliphatic imine (C=N–C) groups is 1. The van der Waals surface area contributed by atoms with Crippen molar-refractivity contribution in [2.24, 2.45) is 4.99 Å². The summed E-state index contributed by atoms with van der Waals surface area (Å²) < 4.78 is 0. The van der Waals surface area contributed by atoms with Gasteiger partial charge in [-0.05, 0) is 46.9 Å². The summed E-state index contributed by atoms with van der Waals surface area (Å²) in [4.78, 5) is 14.4. The number of rotatable bonds is 1. The van der Waals surface area contributed by atoms with Gasteiger partial charge >= 0.3 is 0 Å². The monoisotopic (exact) mass is 235 g/mol. The van der Waals surface area contributed by atoms with Crippen molar-refractivity contribution < 1.29 is 4.79 Å². The van der Waals surface area contributed by atoms with E-state index >= 15 is 0 Å². The maximum atomic E-state index is 10.5. The number of isocyanates is 1. The minimum atomic E-state index is -0.194. The third-order valence-electron chi connectivity index (χ3n) is 3.72. The summed E-state index contributed by atoms with van der Waals surface area (Å²) >= 11 is 0. The summed E-state index contributed by atoms with van der Waals surface area (Å²) in [5.74, 6) is 0. The van der Waals surface area contributed by atoms with Gasteiger partial charge in [-0.25, -0.2) is 4.79 Å². The van der Waals surface area contributed by atoms with Crippen molar-refractivity contribution in [3.63, 3.8) is 0 Å². The van der Waals surface area contributed by atoms with Gasteiger partial charge in [-0.15, -0.1) is 0 Å². The Morgan fingerprint density at radius 3 is 2.89 bits per heavy atom. The Hall–Kier alpha value is -2.18. The molecule has 0 bridgehead atoms. The molecule has 2 heteroatoms. The molecule has 0 saturated carbocycles. The highest BCUT2D eigenvalue weighted by Gasteiger charge is 2.18. The van der Waals surface area contributed by atoms with E-state index in [1.165, 1.54) is 27.5 Å². The Kier molecular flexibility index (Phi) is 2.39. The van der Waals surface area contributed by atoms with E-state index < -0.39 is 0 Å². The van der Waals surface area contributed by atoms with Crippen molar-refractivity contribution in [1.29, 1.82) is 0 Å². The van der Waals surface area contributed by atoms with E-state index in [1.807, 2.05) is 24.3 Å². The third kappa shape index (κ3) is 1.43. The van der Waals surface area contributed by atoms with Crippen molar-refractivity contribution >= 4 is 22.9 Å². The van der Waals surface area contributed by atoms with Crippen LogP contribution in [0.1, 0.15) is 28.3 Å². The fourth-order valence-electron chi connectivity index (χ4n) is 2.68. The lowest BCUT2D eigenvalue weighted by Crippen LogP contribution is -2.00. The van der Waals surface area contributed by atoms with E-state index in [-0.39, 0.29) is 6.04 Å². The van der Waals surface area contributed by atoms with Gasteiger partial charge in [-0.1, -0.05) is 36.4 Å². The minimum absolute atomic E-state index is 0.194. The normalized spacial score (nSPS) is 16.7. The molecule has 1 atom stereocenters. The first-order chi connectivity index (χ1) is 8.72. The van der Waals surface area contributed by atoms with E-state index in [0.717, 1.165) is 5.56 Å². The second-order valence-corrected chi connectivity index (χ2v) is 4.70. The molecule has 88 valence electrons. The van der Waals surface area contributed by atoms with Gasteiger partial charge < -0.3 is 0 Å². The average molecular weight is 235 g/mol. The van der Waals surface area contributed by atoms with Gasteiger partial charge in [0.15, 0.2) is 0 Å². The summed E-state index contributed by atoms with van der Waals surface area (Å²) in [7, 11) is 0. The molecular weight excluding hydrogens is 222 g/mol. The van der Waals surface area contributed by atoms with Crippen LogP contribution in [0, 0.1) is 13.8 Å². The van der Waals surface area contributed by atoms with E-state index in [2.05, 4.69) is 31.0 Å². The van der Waals surface area contributed by atoms with E-state index in [9.17, 15) is 4.79 Å². The predicted octanol–water partition coefficient (Wildman–Crippen LogP) is 3.86. The summed E-state index contributed by atoms with van der Waals surface area (Å²) in [6, 6.07) is 8.20. The highest BCUT2D eigenvalue weighted by atomic mass is 16.1. The molecule has 2 nitrogen and oxygen atoms in total. The van der Waals surface area contributed by atoms with Gasteiger partial charge in [0.05, 0.1) is 0 Å². The Morgan fingerprint density at radius 1 is 1.28 bits per heavy atom. The maximum absolute atomic E-state index is 10.5. The third-order valence-corrected chi connectivity index (χ3v) is 3.72. The quantitative estimate of drug-likeness (QED) is 0.545. The van der Waals surface area contributed by atoms with Crippen molar-refractivity contribution in [2.75, 3.05) is 0 Å². The van der Waals surface area contributed by atoms with Crippen molar-refractivity contribution in [1.82, 2.24) is 0 Å². The smallest absolute Gasteiger partial charge is 0.211 e. The molecule has 0 spiro atoms. The molecule has 0 fully saturated rings. The first kappa shape index (κ1) is 10.9. The van der Waals surface area contributed by atoms with Gasteiger partial charge in [0.1, 0.15) is 6.04 Å². The summed E-state index contributed by atoms with van der Waals surface area (Å²) in [5, 5.41) is 2.46. The zero-order chi connectivity index (χ0) is 12.7. The molecule has 2 aromatic rings. The van der Waals surface area contributed by atoms with Crippen molar-refractivity contribution in [3.8, 4) is 0 Å². The highest BCUT2D eigenvalue weighted by Crippen LogP contribution is 2.37. The fraction of sp³-hybridized carbons (Fsp3) is 0.188. The molecule has 3 rings (SSSR count). The van der Waals surface area contributed by atoms with Crippen LogP contribution in [0.15, 0.2) is 35.3 Å². The Labute approximate surface area is 106 Å². The molecule has 2 aromatic carbocycles. The van der Waals surface area contributed by atoms with Crippen LogP contribution >= 0.6 is 0 Å². The molecule has 18 heavy (non-hydrogen) atoms. The lowest BCUT2D eigenvalue weighted by atomic mass is 9.87. The van der Waals surface area contributed by atoms with Gasteiger partial charge in [0.25, 0.3) is 0 Å². The summed E-state index contributed by atoms with van der Waals surface area (Å²) in [6.45, 7) is 4.26.